The zero-order valence-electron chi connectivity index (χ0n) is 23.1. The molecule has 208 valence electrons. The first kappa shape index (κ1) is 28.8. The van der Waals surface area contributed by atoms with E-state index in [1.165, 1.54) is 0 Å². The number of hydrogen-bond donors (Lipinski definition) is 2. The van der Waals surface area contributed by atoms with Gasteiger partial charge in [0.1, 0.15) is 11.7 Å². The van der Waals surface area contributed by atoms with E-state index in [0.717, 1.165) is 11.1 Å². The number of carbonyl (C=O) groups excluding carboxylic acids is 1. The molecule has 3 aromatic rings. The molecule has 2 aromatic carbocycles. The number of nitrogens with zero attached hydrogens (tertiary/aromatic N) is 3. The van der Waals surface area contributed by atoms with E-state index in [9.17, 15) is 19.8 Å². The Morgan fingerprint density at radius 3 is 2.65 bits per heavy atom. The number of likely N-dealkylation sites (N-methyl/N-ethyl adjacent to an activating group) is 1. The minimum atomic E-state index is -0.962. The van der Waals surface area contributed by atoms with Gasteiger partial charge in [0, 0.05) is 43.7 Å². The summed E-state index contributed by atoms with van der Waals surface area (Å²) in [5, 5.41) is 19.2. The number of pyridine rings is 1. The number of carboxylic acid groups (broad SMARTS) is 1. The second-order valence-corrected chi connectivity index (χ2v) is 10.4. The average molecular weight is 542 g/mol. The third-order valence-corrected chi connectivity index (χ3v) is 7.01. The summed E-state index contributed by atoms with van der Waals surface area (Å²) < 4.78 is 6.38. The molecule has 0 unspecified atom stereocenters. The quantitative estimate of drug-likeness (QED) is 0.419. The molecule has 1 aliphatic rings. The number of aromatic carboxylic acids is 1. The van der Waals surface area contributed by atoms with Crippen LogP contribution in [0.4, 0.5) is 0 Å². The zero-order chi connectivity index (χ0) is 28.6. The molecule has 1 amide bonds. The van der Waals surface area contributed by atoms with Gasteiger partial charge < -0.3 is 19.8 Å². The molecule has 3 atom stereocenters. The van der Waals surface area contributed by atoms with Gasteiger partial charge in [-0.05, 0) is 43.3 Å². The van der Waals surface area contributed by atoms with E-state index in [1.807, 2.05) is 57.3 Å². The van der Waals surface area contributed by atoms with Crippen LogP contribution in [0.2, 0.25) is 0 Å². The van der Waals surface area contributed by atoms with E-state index in [1.54, 1.807) is 35.4 Å². The normalized spacial score (nSPS) is 17.6. The number of hydrogen-bond acceptors (Lipinski definition) is 6. The van der Waals surface area contributed by atoms with E-state index < -0.39 is 5.97 Å². The Morgan fingerprint density at radius 2 is 1.93 bits per heavy atom. The topological polar surface area (TPSA) is 103 Å². The van der Waals surface area contributed by atoms with Gasteiger partial charge in [-0.3, -0.25) is 9.69 Å². The van der Waals surface area contributed by atoms with Crippen molar-refractivity contribution in [2.45, 2.75) is 39.0 Å². The highest BCUT2D eigenvalue weighted by molar-refractivity contribution is 5.97. The van der Waals surface area contributed by atoms with Crippen LogP contribution in [0, 0.1) is 17.8 Å². The smallest absolute Gasteiger partial charge is 0.335 e. The molecule has 0 aliphatic carbocycles. The maximum atomic E-state index is 13.6. The van der Waals surface area contributed by atoms with Crippen LogP contribution in [0.5, 0.6) is 5.88 Å². The van der Waals surface area contributed by atoms with Crippen LogP contribution in [0.1, 0.15) is 51.3 Å². The predicted octanol–water partition coefficient (Wildman–Crippen LogP) is 3.73. The van der Waals surface area contributed by atoms with Crippen LogP contribution in [0.3, 0.4) is 0 Å². The summed E-state index contributed by atoms with van der Waals surface area (Å²) in [4.78, 5) is 33.2. The molecular formula is C32H35N3O5. The molecule has 0 saturated carbocycles. The average Bonchev–Trinajstić information content (AvgIpc) is 2.95. The number of aromatic nitrogens is 1. The Hall–Kier alpha value is -4.19. The number of carbonyl (C=O) groups is 2. The second-order valence-electron chi connectivity index (χ2n) is 10.4. The van der Waals surface area contributed by atoms with Crippen molar-refractivity contribution < 1.29 is 24.5 Å². The molecule has 4 rings (SSSR count). The van der Waals surface area contributed by atoms with Crippen LogP contribution in [-0.2, 0) is 13.0 Å². The molecule has 0 fully saturated rings. The first-order valence-corrected chi connectivity index (χ1v) is 13.4. The number of amides is 1. The summed E-state index contributed by atoms with van der Waals surface area (Å²) in [7, 11) is 1.95. The van der Waals surface area contributed by atoms with E-state index >= 15 is 0 Å². The summed E-state index contributed by atoms with van der Waals surface area (Å²) in [6.07, 6.45) is 1.89. The number of carboxylic acids is 1. The lowest BCUT2D eigenvalue weighted by molar-refractivity contribution is 0.0324. The second kappa shape index (κ2) is 13.2. The van der Waals surface area contributed by atoms with Crippen LogP contribution < -0.4 is 4.74 Å². The fraction of sp³-hybridized carbons (Fsp3) is 0.344. The first-order valence-electron chi connectivity index (χ1n) is 13.4. The Labute approximate surface area is 235 Å². The first-order chi connectivity index (χ1) is 19.2. The lowest BCUT2D eigenvalue weighted by Gasteiger charge is -2.37. The molecule has 0 radical (unpaired) electrons. The van der Waals surface area contributed by atoms with Crippen molar-refractivity contribution in [3.05, 3.63) is 94.7 Å². The molecule has 0 bridgehead atoms. The van der Waals surface area contributed by atoms with E-state index in [4.69, 9.17) is 4.74 Å². The van der Waals surface area contributed by atoms with Crippen LogP contribution in [0.15, 0.2) is 66.9 Å². The SMILES string of the molecule is C[C@@H]1CN([C@H](C)CO)C(=O)c2cc(C#CCc3ccccc3)cnc2O[C@H]1CN(C)Cc1cccc(C(=O)O)c1. The lowest BCUT2D eigenvalue weighted by Crippen LogP contribution is -2.49. The van der Waals surface area contributed by atoms with Crippen molar-refractivity contribution in [2.75, 3.05) is 26.7 Å². The molecule has 2 N–H and O–H groups in total. The van der Waals surface area contributed by atoms with Crippen LogP contribution in [0.25, 0.3) is 0 Å². The van der Waals surface area contributed by atoms with E-state index in [0.29, 0.717) is 37.2 Å². The van der Waals surface area contributed by atoms with Gasteiger partial charge in [-0.25, -0.2) is 9.78 Å². The summed E-state index contributed by atoms with van der Waals surface area (Å²) in [6, 6.07) is 18.1. The summed E-state index contributed by atoms with van der Waals surface area (Å²) in [5.41, 5.74) is 3.16. The Bertz CT molecular complexity index is 1400. The molecule has 8 nitrogen and oxygen atoms in total. The molecule has 8 heteroatoms. The number of benzene rings is 2. The molecule has 1 aromatic heterocycles. The lowest BCUT2D eigenvalue weighted by atomic mass is 9.99. The zero-order valence-corrected chi connectivity index (χ0v) is 23.1. The summed E-state index contributed by atoms with van der Waals surface area (Å²) in [5.74, 6) is 5.23. The van der Waals surface area contributed by atoms with Crippen LogP contribution in [-0.4, -0.2) is 75.8 Å². The molecule has 0 spiro atoms. The fourth-order valence-corrected chi connectivity index (χ4v) is 4.72. The maximum Gasteiger partial charge on any atom is 0.335 e. The fourth-order valence-electron chi connectivity index (χ4n) is 4.72. The van der Waals surface area contributed by atoms with Gasteiger partial charge in [0.25, 0.3) is 5.91 Å². The molecule has 40 heavy (non-hydrogen) atoms. The number of fused-ring (bicyclic) bond motifs is 1. The third kappa shape index (κ3) is 7.26. The van der Waals surface area contributed by atoms with E-state index in [-0.39, 0.29) is 42.0 Å². The number of ether oxygens (including phenoxy) is 1. The maximum absolute atomic E-state index is 13.6. The van der Waals surface area contributed by atoms with Gasteiger partial charge in [-0.15, -0.1) is 0 Å². The highest BCUT2D eigenvalue weighted by atomic mass is 16.5. The van der Waals surface area contributed by atoms with Gasteiger partial charge in [-0.2, -0.15) is 0 Å². The van der Waals surface area contributed by atoms with Crippen molar-refractivity contribution in [1.82, 2.24) is 14.8 Å². The predicted molar refractivity (Wildman–Crippen MR) is 152 cm³/mol. The highest BCUT2D eigenvalue weighted by Crippen LogP contribution is 2.27. The van der Waals surface area contributed by atoms with Crippen molar-refractivity contribution in [3.8, 4) is 17.7 Å². The van der Waals surface area contributed by atoms with Gasteiger partial charge in [-0.1, -0.05) is 61.2 Å². The number of rotatable bonds is 8. The monoisotopic (exact) mass is 541 g/mol. The van der Waals surface area contributed by atoms with Gasteiger partial charge in [0.05, 0.1) is 18.2 Å². The third-order valence-electron chi connectivity index (χ3n) is 7.01. The molecule has 0 saturated heterocycles. The Morgan fingerprint density at radius 1 is 1.18 bits per heavy atom. The van der Waals surface area contributed by atoms with Crippen molar-refractivity contribution in [2.24, 2.45) is 5.92 Å². The van der Waals surface area contributed by atoms with Crippen molar-refractivity contribution in [1.29, 1.82) is 0 Å². The van der Waals surface area contributed by atoms with Gasteiger partial charge >= 0.3 is 5.97 Å². The number of aliphatic hydroxyl groups is 1. The summed E-state index contributed by atoms with van der Waals surface area (Å²) in [6.45, 7) is 5.12. The number of aliphatic hydroxyl groups excluding tert-OH is 1. The molecular weight excluding hydrogens is 506 g/mol. The Balaban J connectivity index is 1.58. The van der Waals surface area contributed by atoms with Crippen molar-refractivity contribution in [3.63, 3.8) is 0 Å². The minimum absolute atomic E-state index is 0.0638. The molecule has 2 heterocycles. The van der Waals surface area contributed by atoms with Gasteiger partial charge in [0.15, 0.2) is 0 Å². The van der Waals surface area contributed by atoms with Gasteiger partial charge in [0.2, 0.25) is 5.88 Å². The Kier molecular flexibility index (Phi) is 9.54. The highest BCUT2D eigenvalue weighted by Gasteiger charge is 2.34. The standard InChI is InChI=1S/C32H35N3O5/c1-22-18-35(23(2)21-36)31(37)28-16-25(12-7-11-24-9-5-4-6-10-24)17-33-30(28)40-29(22)20-34(3)19-26-13-8-14-27(15-26)32(38)39/h4-6,8-10,13-17,22-23,29,36H,11,18-21H2,1-3H3,(H,38,39)/t22-,23-,29+/m1/s1. The van der Waals surface area contributed by atoms with Crippen molar-refractivity contribution >= 4 is 11.9 Å². The molecule has 1 aliphatic heterocycles. The summed E-state index contributed by atoms with van der Waals surface area (Å²) >= 11 is 0. The van der Waals surface area contributed by atoms with E-state index in [2.05, 4.69) is 21.7 Å². The largest absolute Gasteiger partial charge is 0.478 e. The minimum Gasteiger partial charge on any atom is -0.478 e. The van der Waals surface area contributed by atoms with Crippen LogP contribution >= 0.6 is 0 Å².